The van der Waals surface area contributed by atoms with Gasteiger partial charge >= 0.3 is 5.91 Å². The van der Waals surface area contributed by atoms with Gasteiger partial charge in [0.15, 0.2) is 5.13 Å². The number of aliphatic hydroxyl groups excluding tert-OH is 1. The van der Waals surface area contributed by atoms with Crippen LogP contribution in [0.3, 0.4) is 0 Å². The average Bonchev–Trinajstić information content (AvgIpc) is 3.63. The zero-order valence-corrected chi connectivity index (χ0v) is 21.3. The van der Waals surface area contributed by atoms with Crippen molar-refractivity contribution in [2.45, 2.75) is 32.7 Å². The number of amides is 1. The van der Waals surface area contributed by atoms with E-state index < -0.39 is 17.7 Å². The molecule has 1 atom stereocenters. The Hall–Kier alpha value is -4.11. The second-order valence-corrected chi connectivity index (χ2v) is 9.48. The Bertz CT molecular complexity index is 1470. The summed E-state index contributed by atoms with van der Waals surface area (Å²) in [5.74, 6) is -0.311. The topological polar surface area (TPSA) is 102 Å². The number of hydrogen-bond donors (Lipinski definition) is 1. The fraction of sp³-hybridized carbons (Fsp3) is 0.250. The molecule has 0 aliphatic carbocycles. The monoisotopic (exact) mass is 518 g/mol. The highest BCUT2D eigenvalue weighted by Crippen LogP contribution is 2.44. The molecule has 1 amide bonds. The maximum atomic E-state index is 13.4. The van der Waals surface area contributed by atoms with Gasteiger partial charge in [0.2, 0.25) is 0 Å². The second kappa shape index (κ2) is 10.5. The van der Waals surface area contributed by atoms with Crippen LogP contribution in [-0.2, 0) is 9.59 Å². The number of anilines is 1. The lowest BCUT2D eigenvalue weighted by Gasteiger charge is -2.20. The van der Waals surface area contributed by atoms with Crippen molar-refractivity contribution < 1.29 is 28.6 Å². The molecule has 1 aliphatic rings. The van der Waals surface area contributed by atoms with Crippen molar-refractivity contribution in [1.29, 1.82) is 0 Å². The van der Waals surface area contributed by atoms with Crippen LogP contribution in [0.5, 0.6) is 11.5 Å². The van der Waals surface area contributed by atoms with Gasteiger partial charge in [-0.25, -0.2) is 4.98 Å². The summed E-state index contributed by atoms with van der Waals surface area (Å²) in [5.41, 5.74) is 0.967. The van der Waals surface area contributed by atoms with Crippen LogP contribution in [0.2, 0.25) is 0 Å². The zero-order valence-electron chi connectivity index (χ0n) is 20.5. The number of ketones is 1. The summed E-state index contributed by atoms with van der Waals surface area (Å²) in [6.07, 6.45) is 3.35. The standard InChI is InChI=1S/C28H26N2O6S/c1-3-5-13-35-18-9-6-8-17(15-18)25(31)23-24(21-10-7-14-36-21)30(27(33)26(23)32)28-29-20-12-11-19(34-4-2)16-22(20)37-28/h6-12,14-16,24,31H,3-5,13H2,1-2H3. The van der Waals surface area contributed by atoms with Gasteiger partial charge in [0.1, 0.15) is 29.1 Å². The summed E-state index contributed by atoms with van der Waals surface area (Å²) in [4.78, 5) is 32.6. The van der Waals surface area contributed by atoms with E-state index in [4.69, 9.17) is 13.9 Å². The van der Waals surface area contributed by atoms with Gasteiger partial charge in [0.25, 0.3) is 5.78 Å². The van der Waals surface area contributed by atoms with Crippen LogP contribution in [-0.4, -0.2) is 35.0 Å². The average molecular weight is 519 g/mol. The third-order valence-corrected chi connectivity index (χ3v) is 7.01. The number of carbonyl (C=O) groups is 2. The van der Waals surface area contributed by atoms with E-state index in [0.717, 1.165) is 17.5 Å². The van der Waals surface area contributed by atoms with Crippen molar-refractivity contribution in [3.05, 3.63) is 77.8 Å². The van der Waals surface area contributed by atoms with E-state index >= 15 is 0 Å². The van der Waals surface area contributed by atoms with E-state index in [1.807, 2.05) is 25.1 Å². The number of fused-ring (bicyclic) bond motifs is 1. The summed E-state index contributed by atoms with van der Waals surface area (Å²) >= 11 is 1.26. The van der Waals surface area contributed by atoms with Crippen LogP contribution in [0.25, 0.3) is 16.0 Å². The first-order chi connectivity index (χ1) is 18.0. The molecule has 0 radical (unpaired) electrons. The SMILES string of the molecule is CCCCOc1cccc(C(O)=C2C(=O)C(=O)N(c3nc4ccc(OCC)cc4s3)C2c2ccco2)c1. The van der Waals surface area contributed by atoms with Crippen molar-refractivity contribution in [2.24, 2.45) is 0 Å². The van der Waals surface area contributed by atoms with Gasteiger partial charge < -0.3 is 19.0 Å². The zero-order chi connectivity index (χ0) is 25.9. The summed E-state index contributed by atoms with van der Waals surface area (Å²) in [7, 11) is 0. The maximum absolute atomic E-state index is 13.4. The minimum Gasteiger partial charge on any atom is -0.507 e. The van der Waals surface area contributed by atoms with Crippen molar-refractivity contribution in [3.8, 4) is 11.5 Å². The predicted molar refractivity (Wildman–Crippen MR) is 141 cm³/mol. The predicted octanol–water partition coefficient (Wildman–Crippen LogP) is 6.09. The normalized spacial score (nSPS) is 17.0. The van der Waals surface area contributed by atoms with Crippen LogP contribution in [0, 0.1) is 0 Å². The van der Waals surface area contributed by atoms with Crippen molar-refractivity contribution in [3.63, 3.8) is 0 Å². The van der Waals surface area contributed by atoms with E-state index in [9.17, 15) is 14.7 Å². The number of hydrogen-bond acceptors (Lipinski definition) is 8. The second-order valence-electron chi connectivity index (χ2n) is 8.47. The van der Waals surface area contributed by atoms with Crippen LogP contribution >= 0.6 is 11.3 Å². The Balaban J connectivity index is 1.59. The number of unbranched alkanes of at least 4 members (excludes halogenated alkanes) is 1. The smallest absolute Gasteiger partial charge is 0.302 e. The van der Waals surface area contributed by atoms with Gasteiger partial charge in [-0.05, 0) is 55.8 Å². The molecule has 3 heterocycles. The summed E-state index contributed by atoms with van der Waals surface area (Å²) in [5, 5.41) is 11.6. The Kier molecular flexibility index (Phi) is 6.96. The molecule has 9 heteroatoms. The number of rotatable bonds is 9. The number of nitrogens with zero attached hydrogens (tertiary/aromatic N) is 2. The first kappa shape index (κ1) is 24.6. The van der Waals surface area contributed by atoms with Crippen molar-refractivity contribution >= 4 is 44.1 Å². The van der Waals surface area contributed by atoms with E-state index in [0.29, 0.717) is 46.7 Å². The maximum Gasteiger partial charge on any atom is 0.302 e. The number of thiazole rings is 1. The molecule has 1 unspecified atom stereocenters. The highest BCUT2D eigenvalue weighted by Gasteiger charge is 2.49. The third kappa shape index (κ3) is 4.70. The quantitative estimate of drug-likeness (QED) is 0.124. The minimum absolute atomic E-state index is 0.0695. The fourth-order valence-electron chi connectivity index (χ4n) is 4.22. The minimum atomic E-state index is -0.980. The number of aliphatic hydroxyl groups is 1. The van der Waals surface area contributed by atoms with Gasteiger partial charge in [0, 0.05) is 5.56 Å². The van der Waals surface area contributed by atoms with Gasteiger partial charge in [-0.2, -0.15) is 0 Å². The van der Waals surface area contributed by atoms with Crippen LogP contribution in [0.4, 0.5) is 5.13 Å². The first-order valence-corrected chi connectivity index (χ1v) is 12.9. The summed E-state index contributed by atoms with van der Waals surface area (Å²) in [6.45, 7) is 5.04. The van der Waals surface area contributed by atoms with E-state index in [1.54, 1.807) is 36.4 Å². The highest BCUT2D eigenvalue weighted by atomic mass is 32.1. The molecule has 190 valence electrons. The number of aromatic nitrogens is 1. The molecular formula is C28H26N2O6S. The van der Waals surface area contributed by atoms with Gasteiger partial charge in [0.05, 0.1) is 35.3 Å². The molecule has 1 saturated heterocycles. The molecule has 37 heavy (non-hydrogen) atoms. The number of benzene rings is 2. The Morgan fingerprint density at radius 1 is 1.08 bits per heavy atom. The summed E-state index contributed by atoms with van der Waals surface area (Å²) in [6, 6.07) is 14.7. The van der Waals surface area contributed by atoms with E-state index in [-0.39, 0.29) is 11.3 Å². The Morgan fingerprint density at radius 3 is 2.68 bits per heavy atom. The molecule has 2 aromatic heterocycles. The molecule has 5 rings (SSSR count). The molecule has 1 aliphatic heterocycles. The molecule has 0 saturated carbocycles. The molecule has 0 bridgehead atoms. The van der Waals surface area contributed by atoms with Crippen LogP contribution in [0.1, 0.15) is 44.1 Å². The summed E-state index contributed by atoms with van der Waals surface area (Å²) < 4.78 is 17.8. The molecule has 0 spiro atoms. The number of carbonyl (C=O) groups excluding carboxylic acids is 2. The van der Waals surface area contributed by atoms with Crippen molar-refractivity contribution in [1.82, 2.24) is 4.98 Å². The Morgan fingerprint density at radius 2 is 1.92 bits per heavy atom. The van der Waals surface area contributed by atoms with Crippen molar-refractivity contribution in [2.75, 3.05) is 18.1 Å². The fourth-order valence-corrected chi connectivity index (χ4v) is 5.24. The molecule has 2 aromatic carbocycles. The number of ether oxygens (including phenoxy) is 2. The van der Waals surface area contributed by atoms with E-state index in [1.165, 1.54) is 22.5 Å². The molecule has 8 nitrogen and oxygen atoms in total. The lowest BCUT2D eigenvalue weighted by molar-refractivity contribution is -0.132. The van der Waals surface area contributed by atoms with Crippen LogP contribution in [0.15, 0.2) is 70.9 Å². The van der Waals surface area contributed by atoms with Crippen LogP contribution < -0.4 is 14.4 Å². The molecular weight excluding hydrogens is 492 g/mol. The molecule has 4 aromatic rings. The number of furan rings is 1. The lowest BCUT2D eigenvalue weighted by Crippen LogP contribution is -2.29. The van der Waals surface area contributed by atoms with Gasteiger partial charge in [-0.1, -0.05) is 36.8 Å². The molecule has 1 N–H and O–H groups in total. The number of Topliss-reactive ketones (excluding diaryl/α,β-unsaturated/α-hetero) is 1. The third-order valence-electron chi connectivity index (χ3n) is 6.00. The first-order valence-electron chi connectivity index (χ1n) is 12.1. The Labute approximate surface area is 217 Å². The van der Waals surface area contributed by atoms with Gasteiger partial charge in [-0.3, -0.25) is 14.5 Å². The highest BCUT2D eigenvalue weighted by molar-refractivity contribution is 7.22. The molecule has 1 fully saturated rings. The lowest BCUT2D eigenvalue weighted by atomic mass is 9.99. The van der Waals surface area contributed by atoms with E-state index in [2.05, 4.69) is 11.9 Å². The largest absolute Gasteiger partial charge is 0.507 e. The van der Waals surface area contributed by atoms with Gasteiger partial charge in [-0.15, -0.1) is 0 Å².